The number of hydrogen-bond acceptors (Lipinski definition) is 5. The van der Waals surface area contributed by atoms with E-state index in [0.29, 0.717) is 18.8 Å². The van der Waals surface area contributed by atoms with Crippen molar-refractivity contribution in [2.24, 2.45) is 0 Å². The third-order valence-corrected chi connectivity index (χ3v) is 6.80. The molecule has 3 rings (SSSR count). The molecule has 0 bridgehead atoms. The number of nitrogens with zero attached hydrogens (tertiary/aromatic N) is 2. The minimum absolute atomic E-state index is 0.0401. The maximum Gasteiger partial charge on any atom is 0.294 e. The molecule has 0 unspecified atom stereocenters. The van der Waals surface area contributed by atoms with Crippen LogP contribution in [-0.2, 0) is 10.0 Å². The smallest absolute Gasteiger partial charge is 0.294 e. The van der Waals surface area contributed by atoms with Crippen molar-refractivity contribution in [3.8, 4) is 0 Å². The van der Waals surface area contributed by atoms with Crippen LogP contribution in [0.1, 0.15) is 30.4 Å². The molecule has 0 aromatic heterocycles. The number of piperidine rings is 1. The summed E-state index contributed by atoms with van der Waals surface area (Å²) in [5, 5.41) is 14.6. The van der Waals surface area contributed by atoms with Gasteiger partial charge in [0, 0.05) is 24.8 Å². The predicted octanol–water partition coefficient (Wildman–Crippen LogP) is 4.13. The van der Waals surface area contributed by atoms with E-state index >= 15 is 0 Å². The van der Waals surface area contributed by atoms with Crippen molar-refractivity contribution in [1.82, 2.24) is 4.31 Å². The predicted molar refractivity (Wildman–Crippen MR) is 105 cm³/mol. The van der Waals surface area contributed by atoms with Crippen molar-refractivity contribution in [2.75, 3.05) is 18.4 Å². The van der Waals surface area contributed by atoms with Crippen molar-refractivity contribution in [3.63, 3.8) is 0 Å². The molecule has 27 heavy (non-hydrogen) atoms. The first-order valence-corrected chi connectivity index (χ1v) is 10.4. The molecule has 7 nitrogen and oxygen atoms in total. The molecule has 1 N–H and O–H groups in total. The van der Waals surface area contributed by atoms with Crippen LogP contribution >= 0.6 is 0 Å². The zero-order chi connectivity index (χ0) is 19.6. The number of benzene rings is 2. The number of rotatable bonds is 5. The van der Waals surface area contributed by atoms with E-state index in [2.05, 4.69) is 5.32 Å². The van der Waals surface area contributed by atoms with Crippen molar-refractivity contribution in [1.29, 1.82) is 0 Å². The van der Waals surface area contributed by atoms with Gasteiger partial charge in [-0.25, -0.2) is 8.42 Å². The molecule has 2 aromatic carbocycles. The van der Waals surface area contributed by atoms with Crippen molar-refractivity contribution < 1.29 is 13.3 Å². The van der Waals surface area contributed by atoms with Crippen LogP contribution in [-0.4, -0.2) is 30.7 Å². The van der Waals surface area contributed by atoms with Gasteiger partial charge in [0.25, 0.3) is 5.69 Å². The molecule has 1 fully saturated rings. The minimum Gasteiger partial charge on any atom is -0.350 e. The Hall–Kier alpha value is -2.45. The second-order valence-corrected chi connectivity index (χ2v) is 8.76. The highest BCUT2D eigenvalue weighted by molar-refractivity contribution is 7.89. The van der Waals surface area contributed by atoms with Gasteiger partial charge in [-0.3, -0.25) is 10.1 Å². The van der Waals surface area contributed by atoms with Crippen LogP contribution in [0.2, 0.25) is 0 Å². The monoisotopic (exact) mass is 389 g/mol. The topological polar surface area (TPSA) is 92.6 Å². The van der Waals surface area contributed by atoms with Gasteiger partial charge in [-0.2, -0.15) is 4.31 Å². The van der Waals surface area contributed by atoms with E-state index in [9.17, 15) is 18.5 Å². The fraction of sp³-hybridized carbons (Fsp3) is 0.368. The fourth-order valence-corrected chi connectivity index (χ4v) is 4.70. The molecule has 0 saturated carbocycles. The number of nitro groups is 1. The summed E-state index contributed by atoms with van der Waals surface area (Å²) in [7, 11) is -3.72. The van der Waals surface area contributed by atoms with Gasteiger partial charge in [0.1, 0.15) is 5.69 Å². The molecule has 1 saturated heterocycles. The van der Waals surface area contributed by atoms with Gasteiger partial charge < -0.3 is 5.32 Å². The zero-order valence-corrected chi connectivity index (χ0v) is 16.3. The maximum absolute atomic E-state index is 12.8. The van der Waals surface area contributed by atoms with Gasteiger partial charge >= 0.3 is 0 Å². The second kappa shape index (κ2) is 7.66. The van der Waals surface area contributed by atoms with E-state index in [1.54, 1.807) is 0 Å². The maximum atomic E-state index is 12.8. The van der Waals surface area contributed by atoms with Gasteiger partial charge in [0.05, 0.1) is 9.82 Å². The lowest BCUT2D eigenvalue weighted by Crippen LogP contribution is -2.35. The summed E-state index contributed by atoms with van der Waals surface area (Å²) in [5.41, 5.74) is 2.91. The molecular formula is C19H23N3O4S. The first-order valence-electron chi connectivity index (χ1n) is 8.92. The molecule has 1 heterocycles. The summed E-state index contributed by atoms with van der Waals surface area (Å²) in [6, 6.07) is 9.71. The minimum atomic E-state index is -3.72. The molecule has 1 aliphatic rings. The molecule has 2 aromatic rings. The highest BCUT2D eigenvalue weighted by Gasteiger charge is 2.28. The first-order chi connectivity index (χ1) is 12.8. The first kappa shape index (κ1) is 19.3. The molecule has 144 valence electrons. The standard InChI is InChI=1S/C19H23N3O4S/c1-14-6-7-16(12-15(14)2)20-18-9-8-17(13-19(18)22(23)24)27(25,26)21-10-4-3-5-11-21/h6-9,12-13,20H,3-5,10-11H2,1-2H3. The van der Waals surface area contributed by atoms with E-state index in [4.69, 9.17) is 0 Å². The zero-order valence-electron chi connectivity index (χ0n) is 15.4. The van der Waals surface area contributed by atoms with Crippen molar-refractivity contribution >= 4 is 27.1 Å². The van der Waals surface area contributed by atoms with Crippen LogP contribution in [0.4, 0.5) is 17.1 Å². The molecule has 8 heteroatoms. The van der Waals surface area contributed by atoms with Gasteiger partial charge in [-0.15, -0.1) is 0 Å². The second-order valence-electron chi connectivity index (χ2n) is 6.82. The summed E-state index contributed by atoms with van der Waals surface area (Å²) in [4.78, 5) is 10.9. The molecule has 0 aliphatic carbocycles. The number of hydrogen-bond donors (Lipinski definition) is 1. The lowest BCUT2D eigenvalue weighted by atomic mass is 10.1. The Bertz CT molecular complexity index is 967. The summed E-state index contributed by atoms with van der Waals surface area (Å²) >= 11 is 0. The van der Waals surface area contributed by atoms with Crippen LogP contribution in [0.5, 0.6) is 0 Å². The number of anilines is 2. The lowest BCUT2D eigenvalue weighted by Gasteiger charge is -2.25. The average molecular weight is 389 g/mol. The highest BCUT2D eigenvalue weighted by Crippen LogP contribution is 2.32. The largest absolute Gasteiger partial charge is 0.350 e. The van der Waals surface area contributed by atoms with E-state index < -0.39 is 14.9 Å². The Balaban J connectivity index is 1.95. The SMILES string of the molecule is Cc1ccc(Nc2ccc(S(=O)(=O)N3CCCCC3)cc2[N+](=O)[O-])cc1C. The normalized spacial score (nSPS) is 15.5. The van der Waals surface area contributed by atoms with Gasteiger partial charge in [0.2, 0.25) is 10.0 Å². The van der Waals surface area contributed by atoms with Crippen molar-refractivity contribution in [3.05, 3.63) is 57.6 Å². The molecule has 0 radical (unpaired) electrons. The summed E-state index contributed by atoms with van der Waals surface area (Å²) in [6.07, 6.45) is 2.63. The molecule has 0 amide bonds. The lowest BCUT2D eigenvalue weighted by molar-refractivity contribution is -0.384. The Kier molecular flexibility index (Phi) is 5.48. The average Bonchev–Trinajstić information content (AvgIpc) is 2.65. The van der Waals surface area contributed by atoms with Gasteiger partial charge in [0.15, 0.2) is 0 Å². The van der Waals surface area contributed by atoms with Crippen LogP contribution in [0.25, 0.3) is 0 Å². The molecule has 0 spiro atoms. The van der Waals surface area contributed by atoms with Crippen LogP contribution in [0.3, 0.4) is 0 Å². The Morgan fingerprint density at radius 1 is 1.00 bits per heavy atom. The van der Waals surface area contributed by atoms with E-state index in [1.807, 2.05) is 32.0 Å². The van der Waals surface area contributed by atoms with Gasteiger partial charge in [-0.05, 0) is 62.1 Å². The fourth-order valence-electron chi connectivity index (χ4n) is 3.16. The van der Waals surface area contributed by atoms with E-state index in [-0.39, 0.29) is 16.3 Å². The summed E-state index contributed by atoms with van der Waals surface area (Å²) in [6.45, 7) is 4.86. The van der Waals surface area contributed by atoms with Crippen LogP contribution in [0, 0.1) is 24.0 Å². The number of sulfonamides is 1. The van der Waals surface area contributed by atoms with E-state index in [0.717, 1.165) is 36.5 Å². The molecule has 1 aliphatic heterocycles. The Morgan fingerprint density at radius 3 is 2.33 bits per heavy atom. The third-order valence-electron chi connectivity index (χ3n) is 4.90. The highest BCUT2D eigenvalue weighted by atomic mass is 32.2. The molecule has 0 atom stereocenters. The van der Waals surface area contributed by atoms with Gasteiger partial charge in [-0.1, -0.05) is 12.5 Å². The number of nitrogens with one attached hydrogen (secondary N) is 1. The van der Waals surface area contributed by atoms with Crippen molar-refractivity contribution in [2.45, 2.75) is 38.0 Å². The number of nitro benzene ring substituents is 1. The third kappa shape index (κ3) is 4.12. The Morgan fingerprint density at radius 2 is 1.70 bits per heavy atom. The van der Waals surface area contributed by atoms with Crippen LogP contribution in [0.15, 0.2) is 41.3 Å². The quantitative estimate of drug-likeness (QED) is 0.613. The van der Waals surface area contributed by atoms with E-state index in [1.165, 1.54) is 16.4 Å². The van der Waals surface area contributed by atoms with Crippen LogP contribution < -0.4 is 5.32 Å². The summed E-state index contributed by atoms with van der Waals surface area (Å²) in [5.74, 6) is 0. The molecular weight excluding hydrogens is 366 g/mol. The summed E-state index contributed by atoms with van der Waals surface area (Å²) < 4.78 is 27.0. The Labute approximate surface area is 159 Å². The number of aryl methyl sites for hydroxylation is 2.